The molecule has 0 aliphatic carbocycles. The molecule has 98 valence electrons. The third kappa shape index (κ3) is 3.53. The Labute approximate surface area is 107 Å². The van der Waals surface area contributed by atoms with E-state index in [0.717, 1.165) is 25.9 Å². The highest BCUT2D eigenvalue weighted by Gasteiger charge is 2.14. The molecule has 0 atom stereocenters. The second-order valence-electron chi connectivity index (χ2n) is 4.85. The Morgan fingerprint density at radius 2 is 2.06 bits per heavy atom. The van der Waals surface area contributed by atoms with Crippen molar-refractivity contribution in [3.8, 4) is 0 Å². The third-order valence-corrected chi connectivity index (χ3v) is 3.27. The summed E-state index contributed by atoms with van der Waals surface area (Å²) < 4.78 is 13.3. The molecule has 1 amide bonds. The average Bonchev–Trinajstić information content (AvgIpc) is 2.35. The van der Waals surface area contributed by atoms with Crippen molar-refractivity contribution in [3.05, 3.63) is 29.6 Å². The molecular weight excluding hydrogens is 231 g/mol. The predicted molar refractivity (Wildman–Crippen MR) is 70.1 cm³/mol. The van der Waals surface area contributed by atoms with E-state index in [4.69, 9.17) is 0 Å². The molecule has 0 unspecified atom stereocenters. The second-order valence-corrected chi connectivity index (χ2v) is 4.85. The van der Waals surface area contributed by atoms with E-state index in [-0.39, 0.29) is 11.7 Å². The molecule has 1 N–H and O–H groups in total. The first-order valence-corrected chi connectivity index (χ1v) is 6.43. The number of benzene rings is 1. The number of likely N-dealkylation sites (tertiary alicyclic amines) is 1. The lowest BCUT2D eigenvalue weighted by molar-refractivity contribution is -0.117. The zero-order chi connectivity index (χ0) is 13.0. The van der Waals surface area contributed by atoms with Crippen molar-refractivity contribution in [1.82, 2.24) is 4.90 Å². The molecule has 0 spiro atoms. The maximum Gasteiger partial charge on any atom is 0.238 e. The molecule has 0 saturated carbocycles. The van der Waals surface area contributed by atoms with Crippen molar-refractivity contribution in [2.45, 2.75) is 26.2 Å². The summed E-state index contributed by atoms with van der Waals surface area (Å²) in [4.78, 5) is 13.9. The highest BCUT2D eigenvalue weighted by atomic mass is 19.1. The van der Waals surface area contributed by atoms with Crippen molar-refractivity contribution in [2.75, 3.05) is 25.0 Å². The summed E-state index contributed by atoms with van der Waals surface area (Å²) in [6, 6.07) is 4.77. The van der Waals surface area contributed by atoms with Gasteiger partial charge < -0.3 is 5.32 Å². The number of piperidine rings is 1. The normalized spacial score (nSPS) is 16.6. The molecule has 18 heavy (non-hydrogen) atoms. The number of rotatable bonds is 3. The van der Waals surface area contributed by atoms with E-state index < -0.39 is 0 Å². The summed E-state index contributed by atoms with van der Waals surface area (Å²) in [5.41, 5.74) is 1.11. The number of carbonyl (C=O) groups is 1. The van der Waals surface area contributed by atoms with Crippen molar-refractivity contribution in [2.24, 2.45) is 0 Å². The molecule has 3 nitrogen and oxygen atoms in total. The van der Waals surface area contributed by atoms with Gasteiger partial charge in [-0.15, -0.1) is 0 Å². The van der Waals surface area contributed by atoms with Crippen molar-refractivity contribution >= 4 is 11.6 Å². The van der Waals surface area contributed by atoms with Crippen LogP contribution >= 0.6 is 0 Å². The minimum Gasteiger partial charge on any atom is -0.325 e. The van der Waals surface area contributed by atoms with Crippen LogP contribution in [0.25, 0.3) is 0 Å². The van der Waals surface area contributed by atoms with Gasteiger partial charge in [-0.25, -0.2) is 4.39 Å². The van der Waals surface area contributed by atoms with Crippen molar-refractivity contribution in [1.29, 1.82) is 0 Å². The first-order chi connectivity index (χ1) is 8.65. The van der Waals surface area contributed by atoms with Crippen LogP contribution in [0.5, 0.6) is 0 Å². The molecule has 2 rings (SSSR count). The van der Waals surface area contributed by atoms with Gasteiger partial charge in [0, 0.05) is 5.69 Å². The van der Waals surface area contributed by atoms with E-state index in [1.807, 2.05) is 0 Å². The Balaban J connectivity index is 1.88. The molecule has 1 aliphatic heterocycles. The summed E-state index contributed by atoms with van der Waals surface area (Å²) in [6.45, 7) is 4.06. The maximum atomic E-state index is 13.3. The number of hydrogen-bond donors (Lipinski definition) is 1. The number of anilines is 1. The van der Waals surface area contributed by atoms with Gasteiger partial charge in [-0.1, -0.05) is 12.5 Å². The SMILES string of the molecule is Cc1ccc(NC(=O)CN2CCCCC2)cc1F. The Kier molecular flexibility index (Phi) is 4.31. The van der Waals surface area contributed by atoms with E-state index in [0.29, 0.717) is 17.8 Å². The van der Waals surface area contributed by atoms with E-state index in [1.54, 1.807) is 19.1 Å². The van der Waals surface area contributed by atoms with Gasteiger partial charge in [0.15, 0.2) is 0 Å². The lowest BCUT2D eigenvalue weighted by atomic mass is 10.1. The van der Waals surface area contributed by atoms with Crippen LogP contribution in [-0.2, 0) is 4.79 Å². The van der Waals surface area contributed by atoms with Gasteiger partial charge in [0.2, 0.25) is 5.91 Å². The molecule has 1 saturated heterocycles. The zero-order valence-corrected chi connectivity index (χ0v) is 10.7. The summed E-state index contributed by atoms with van der Waals surface area (Å²) in [5.74, 6) is -0.356. The third-order valence-electron chi connectivity index (χ3n) is 3.27. The summed E-state index contributed by atoms with van der Waals surface area (Å²) >= 11 is 0. The molecule has 1 fully saturated rings. The van der Waals surface area contributed by atoms with Crippen molar-refractivity contribution < 1.29 is 9.18 Å². The van der Waals surface area contributed by atoms with Gasteiger partial charge in [-0.3, -0.25) is 9.69 Å². The van der Waals surface area contributed by atoms with Gasteiger partial charge in [-0.05, 0) is 50.6 Å². The van der Waals surface area contributed by atoms with Gasteiger partial charge in [0.1, 0.15) is 5.82 Å². The molecule has 1 heterocycles. The Bertz CT molecular complexity index is 428. The fourth-order valence-electron chi connectivity index (χ4n) is 2.19. The highest BCUT2D eigenvalue weighted by molar-refractivity contribution is 5.92. The fourth-order valence-corrected chi connectivity index (χ4v) is 2.19. The maximum absolute atomic E-state index is 13.3. The lowest BCUT2D eigenvalue weighted by Gasteiger charge is -2.25. The second kappa shape index (κ2) is 5.96. The number of carbonyl (C=O) groups excluding carboxylic acids is 1. The minimum atomic E-state index is -0.286. The number of nitrogens with one attached hydrogen (secondary N) is 1. The minimum absolute atomic E-state index is 0.0693. The standard InChI is InChI=1S/C14H19FN2O/c1-11-5-6-12(9-13(11)15)16-14(18)10-17-7-3-2-4-8-17/h5-6,9H,2-4,7-8,10H2,1H3,(H,16,18). The van der Waals surface area contributed by atoms with Crippen LogP contribution in [0.2, 0.25) is 0 Å². The van der Waals surface area contributed by atoms with Gasteiger partial charge in [-0.2, -0.15) is 0 Å². The number of aryl methyl sites for hydroxylation is 1. The van der Waals surface area contributed by atoms with Crippen LogP contribution in [-0.4, -0.2) is 30.4 Å². The predicted octanol–water partition coefficient (Wildman–Crippen LogP) is 2.56. The average molecular weight is 250 g/mol. The summed E-state index contributed by atoms with van der Waals surface area (Å²) in [5, 5.41) is 2.74. The first kappa shape index (κ1) is 13.0. The number of halogens is 1. The fraction of sp³-hybridized carbons (Fsp3) is 0.500. The van der Waals surface area contributed by atoms with Crippen molar-refractivity contribution in [3.63, 3.8) is 0 Å². The molecule has 1 aliphatic rings. The van der Waals surface area contributed by atoms with Crippen LogP contribution in [0.1, 0.15) is 24.8 Å². The Hall–Kier alpha value is -1.42. The van der Waals surface area contributed by atoms with Gasteiger partial charge >= 0.3 is 0 Å². The highest BCUT2D eigenvalue weighted by Crippen LogP contribution is 2.14. The largest absolute Gasteiger partial charge is 0.325 e. The Morgan fingerprint density at radius 1 is 1.33 bits per heavy atom. The quantitative estimate of drug-likeness (QED) is 0.894. The summed E-state index contributed by atoms with van der Waals surface area (Å²) in [7, 11) is 0. The van der Waals surface area contributed by atoms with E-state index in [9.17, 15) is 9.18 Å². The molecule has 0 bridgehead atoms. The first-order valence-electron chi connectivity index (χ1n) is 6.43. The molecule has 4 heteroatoms. The van der Waals surface area contributed by atoms with E-state index in [1.165, 1.54) is 12.5 Å². The van der Waals surface area contributed by atoms with Gasteiger partial charge in [0.05, 0.1) is 6.54 Å². The topological polar surface area (TPSA) is 32.3 Å². The van der Waals surface area contributed by atoms with Crippen LogP contribution in [0.3, 0.4) is 0 Å². The van der Waals surface area contributed by atoms with E-state index >= 15 is 0 Å². The Morgan fingerprint density at radius 3 is 2.72 bits per heavy atom. The molecule has 1 aromatic rings. The van der Waals surface area contributed by atoms with Gasteiger partial charge in [0.25, 0.3) is 0 Å². The van der Waals surface area contributed by atoms with Crippen LogP contribution in [0.4, 0.5) is 10.1 Å². The number of amides is 1. The molecule has 0 radical (unpaired) electrons. The molecule has 1 aromatic carbocycles. The lowest BCUT2D eigenvalue weighted by Crippen LogP contribution is -2.36. The monoisotopic (exact) mass is 250 g/mol. The summed E-state index contributed by atoms with van der Waals surface area (Å²) in [6.07, 6.45) is 3.57. The number of hydrogen-bond acceptors (Lipinski definition) is 2. The van der Waals surface area contributed by atoms with Crippen LogP contribution in [0.15, 0.2) is 18.2 Å². The number of nitrogens with zero attached hydrogens (tertiary/aromatic N) is 1. The van der Waals surface area contributed by atoms with Crippen LogP contribution in [0, 0.1) is 12.7 Å². The zero-order valence-electron chi connectivity index (χ0n) is 10.7. The molecular formula is C14H19FN2O. The van der Waals surface area contributed by atoms with Crippen LogP contribution < -0.4 is 5.32 Å². The molecule has 0 aromatic heterocycles. The van der Waals surface area contributed by atoms with E-state index in [2.05, 4.69) is 10.2 Å². The smallest absolute Gasteiger partial charge is 0.238 e.